The van der Waals surface area contributed by atoms with E-state index in [2.05, 4.69) is 11.9 Å². The van der Waals surface area contributed by atoms with Crippen LogP contribution in [-0.2, 0) is 14.9 Å². The van der Waals surface area contributed by atoms with E-state index in [0.717, 1.165) is 6.08 Å². The third-order valence-electron chi connectivity index (χ3n) is 1.61. The molecule has 0 aromatic heterocycles. The number of para-hydroxylation sites is 1. The van der Waals surface area contributed by atoms with Gasteiger partial charge in [-0.3, -0.25) is 9.35 Å². The molecule has 0 spiro atoms. The summed E-state index contributed by atoms with van der Waals surface area (Å²) in [5.74, 6) is -0.550. The second-order valence-corrected chi connectivity index (χ2v) is 4.05. The van der Waals surface area contributed by atoms with Crippen molar-refractivity contribution < 1.29 is 17.8 Å². The molecule has 1 aromatic carbocycles. The number of nitrogens with one attached hydrogen (secondary N) is 1. The summed E-state index contributed by atoms with van der Waals surface area (Å²) in [4.78, 5) is 10.6. The summed E-state index contributed by atoms with van der Waals surface area (Å²) in [6.45, 7) is 3.22. The van der Waals surface area contributed by atoms with Crippen molar-refractivity contribution >= 4 is 51.3 Å². The van der Waals surface area contributed by atoms with Gasteiger partial charge in [0.25, 0.3) is 10.1 Å². The van der Waals surface area contributed by atoms with Gasteiger partial charge in [-0.15, -0.1) is 0 Å². The van der Waals surface area contributed by atoms with Gasteiger partial charge in [-0.05, 0) is 18.2 Å². The Labute approximate surface area is 116 Å². The molecule has 1 rings (SSSR count). The molecule has 0 aliphatic heterocycles. The van der Waals surface area contributed by atoms with E-state index in [9.17, 15) is 13.2 Å². The number of amides is 1. The maximum absolute atomic E-state index is 11.0. The fourth-order valence-corrected chi connectivity index (χ4v) is 1.63. The minimum atomic E-state index is -4.34. The average Bonchev–Trinajstić information content (AvgIpc) is 2.17. The van der Waals surface area contributed by atoms with Crippen LogP contribution in [0.25, 0.3) is 0 Å². The second-order valence-electron chi connectivity index (χ2n) is 2.66. The van der Waals surface area contributed by atoms with E-state index in [1.54, 1.807) is 0 Å². The summed E-state index contributed by atoms with van der Waals surface area (Å²) in [6, 6.07) is 5.53. The number of benzene rings is 1. The van der Waals surface area contributed by atoms with Crippen molar-refractivity contribution in [2.24, 2.45) is 0 Å². The summed E-state index contributed by atoms with van der Waals surface area (Å²) in [5.41, 5.74) is 0.0184. The molecule has 1 amide bonds. The Morgan fingerprint density at radius 3 is 2.44 bits per heavy atom. The second kappa shape index (κ2) is 6.17. The predicted octanol–water partition coefficient (Wildman–Crippen LogP) is 0.409. The van der Waals surface area contributed by atoms with Gasteiger partial charge in [0, 0.05) is 0 Å². The predicted molar refractivity (Wildman–Crippen MR) is 62.2 cm³/mol. The van der Waals surface area contributed by atoms with Crippen molar-refractivity contribution in [1.82, 2.24) is 0 Å². The number of hydrogen-bond donors (Lipinski definition) is 2. The summed E-state index contributed by atoms with van der Waals surface area (Å²) >= 11 is 0. The molecule has 7 heteroatoms. The molecule has 2 N–H and O–H groups in total. The van der Waals surface area contributed by atoms with Crippen LogP contribution in [0.4, 0.5) is 5.69 Å². The van der Waals surface area contributed by atoms with Gasteiger partial charge in [0.05, 0.1) is 5.69 Å². The first-order valence-electron chi connectivity index (χ1n) is 3.95. The summed E-state index contributed by atoms with van der Waals surface area (Å²) in [5, 5.41) is 2.27. The van der Waals surface area contributed by atoms with Crippen molar-refractivity contribution in [1.29, 1.82) is 0 Å². The minimum absolute atomic E-state index is 0. The first-order chi connectivity index (χ1) is 6.95. The van der Waals surface area contributed by atoms with Crippen molar-refractivity contribution in [2.45, 2.75) is 4.90 Å². The van der Waals surface area contributed by atoms with Gasteiger partial charge < -0.3 is 5.32 Å². The molecule has 0 heterocycles. The van der Waals surface area contributed by atoms with Crippen LogP contribution in [0.3, 0.4) is 0 Å². The zero-order valence-corrected chi connectivity index (χ0v) is 8.49. The van der Waals surface area contributed by atoms with Gasteiger partial charge in [-0.1, -0.05) is 18.7 Å². The van der Waals surface area contributed by atoms with E-state index in [4.69, 9.17) is 4.55 Å². The molecule has 0 bridgehead atoms. The Balaban J connectivity index is 0.00000225. The van der Waals surface area contributed by atoms with E-state index < -0.39 is 16.0 Å². The standard InChI is InChI=1S/C9H9NO4S.Na.H/c1-2-9(11)10-7-5-3-4-6-8(7)15(12,13)14;;/h2-6H,1H2,(H,10,11)(H,12,13,14);;. The van der Waals surface area contributed by atoms with Crippen molar-refractivity contribution in [3.63, 3.8) is 0 Å². The molecule has 0 fully saturated rings. The zero-order valence-electron chi connectivity index (χ0n) is 7.67. The number of rotatable bonds is 3. The topological polar surface area (TPSA) is 83.5 Å². The molecule has 0 aliphatic rings. The molecule has 5 nitrogen and oxygen atoms in total. The zero-order chi connectivity index (χ0) is 11.5. The molecule has 0 aliphatic carbocycles. The molecular formula is C9H10NNaO4S. The van der Waals surface area contributed by atoms with Gasteiger partial charge in [0.1, 0.15) is 4.90 Å². The molecule has 0 atom stereocenters. The normalized spacial score (nSPS) is 10.1. The van der Waals surface area contributed by atoms with Crippen molar-refractivity contribution in [2.75, 3.05) is 5.32 Å². The number of carbonyl (C=O) groups excluding carboxylic acids is 1. The quantitative estimate of drug-likeness (QED) is 0.463. The Hall–Kier alpha value is -0.660. The monoisotopic (exact) mass is 251 g/mol. The van der Waals surface area contributed by atoms with Gasteiger partial charge in [-0.2, -0.15) is 8.42 Å². The summed E-state index contributed by atoms with van der Waals surface area (Å²) < 4.78 is 30.7. The van der Waals surface area contributed by atoms with Gasteiger partial charge in [0.2, 0.25) is 5.91 Å². The van der Waals surface area contributed by atoms with Crippen LogP contribution in [0.5, 0.6) is 0 Å². The van der Waals surface area contributed by atoms with Crippen molar-refractivity contribution in [3.8, 4) is 0 Å². The molecular weight excluding hydrogens is 241 g/mol. The van der Waals surface area contributed by atoms with E-state index in [1.165, 1.54) is 24.3 Å². The van der Waals surface area contributed by atoms with E-state index in [-0.39, 0.29) is 40.1 Å². The van der Waals surface area contributed by atoms with E-state index in [0.29, 0.717) is 0 Å². The van der Waals surface area contributed by atoms with Crippen LogP contribution in [0.15, 0.2) is 41.8 Å². The SMILES string of the molecule is C=CC(=O)Nc1ccccc1S(=O)(=O)O.[NaH]. The van der Waals surface area contributed by atoms with E-state index >= 15 is 0 Å². The third kappa shape index (κ3) is 4.07. The molecule has 16 heavy (non-hydrogen) atoms. The molecule has 82 valence electrons. The first kappa shape index (κ1) is 15.3. The maximum atomic E-state index is 11.0. The van der Waals surface area contributed by atoms with Gasteiger partial charge in [0.15, 0.2) is 0 Å². The van der Waals surface area contributed by atoms with E-state index in [1.807, 2.05) is 0 Å². The fraction of sp³-hybridized carbons (Fsp3) is 0. The Kier molecular flexibility index (Phi) is 5.91. The molecule has 0 saturated carbocycles. The van der Waals surface area contributed by atoms with Gasteiger partial charge in [-0.25, -0.2) is 0 Å². The van der Waals surface area contributed by atoms with Crippen LogP contribution in [0.2, 0.25) is 0 Å². The van der Waals surface area contributed by atoms with Gasteiger partial charge >= 0.3 is 29.6 Å². The Bertz CT molecular complexity index is 498. The number of carbonyl (C=O) groups is 1. The van der Waals surface area contributed by atoms with Crippen LogP contribution in [0, 0.1) is 0 Å². The molecule has 0 unspecified atom stereocenters. The summed E-state index contributed by atoms with van der Waals surface area (Å²) in [6.07, 6.45) is 1.00. The molecule has 0 saturated heterocycles. The summed E-state index contributed by atoms with van der Waals surface area (Å²) in [7, 11) is -4.34. The van der Waals surface area contributed by atoms with Crippen LogP contribution >= 0.6 is 0 Å². The number of anilines is 1. The molecule has 1 aromatic rings. The Morgan fingerprint density at radius 1 is 1.38 bits per heavy atom. The average molecular weight is 251 g/mol. The first-order valence-corrected chi connectivity index (χ1v) is 5.39. The van der Waals surface area contributed by atoms with Crippen LogP contribution < -0.4 is 5.32 Å². The van der Waals surface area contributed by atoms with Crippen molar-refractivity contribution in [3.05, 3.63) is 36.9 Å². The third-order valence-corrected chi connectivity index (χ3v) is 2.52. The fourth-order valence-electron chi connectivity index (χ4n) is 0.979. The van der Waals surface area contributed by atoms with Crippen LogP contribution in [0.1, 0.15) is 0 Å². The van der Waals surface area contributed by atoms with Crippen LogP contribution in [-0.4, -0.2) is 48.4 Å². The molecule has 0 radical (unpaired) electrons. The number of hydrogen-bond acceptors (Lipinski definition) is 3. The Morgan fingerprint density at radius 2 is 1.94 bits per heavy atom.